The average Bonchev–Trinajstić information content (AvgIpc) is 3.11. The van der Waals surface area contributed by atoms with E-state index < -0.39 is 0 Å². The highest BCUT2D eigenvalue weighted by atomic mass is 32.1. The van der Waals surface area contributed by atoms with Gasteiger partial charge >= 0.3 is 0 Å². The molecule has 2 heterocycles. The number of hydrogen-bond acceptors (Lipinski definition) is 4. The van der Waals surface area contributed by atoms with E-state index in [-0.39, 0.29) is 0 Å². The van der Waals surface area contributed by atoms with Crippen LogP contribution in [0.2, 0.25) is 0 Å². The molecule has 0 aliphatic carbocycles. The van der Waals surface area contributed by atoms with Crippen molar-refractivity contribution >= 4 is 22.7 Å². The van der Waals surface area contributed by atoms with Crippen molar-refractivity contribution in [3.8, 4) is 11.1 Å². The Labute approximate surface area is 120 Å². The summed E-state index contributed by atoms with van der Waals surface area (Å²) in [6.45, 7) is 1.74. The maximum atomic E-state index is 4.26. The van der Waals surface area contributed by atoms with Crippen molar-refractivity contribution in [1.29, 1.82) is 0 Å². The second kappa shape index (κ2) is 6.10. The number of aromatic nitrogens is 1. The first-order valence-corrected chi connectivity index (χ1v) is 7.90. The molecule has 0 fully saturated rings. The topological polar surface area (TPSA) is 24.9 Å². The third kappa shape index (κ3) is 3.29. The molecule has 0 amide bonds. The fourth-order valence-corrected chi connectivity index (χ4v) is 3.34. The van der Waals surface area contributed by atoms with Crippen molar-refractivity contribution in [2.24, 2.45) is 0 Å². The molecule has 0 radical (unpaired) electrons. The number of thiazole rings is 1. The second-order valence-electron chi connectivity index (χ2n) is 4.20. The van der Waals surface area contributed by atoms with Crippen molar-refractivity contribution in [3.05, 3.63) is 63.2 Å². The Bertz CT molecular complexity index is 615. The Morgan fingerprint density at radius 3 is 2.68 bits per heavy atom. The number of nitrogens with one attached hydrogen (secondary N) is 1. The zero-order valence-electron chi connectivity index (χ0n) is 10.4. The van der Waals surface area contributed by atoms with Crippen LogP contribution in [0.15, 0.2) is 53.4 Å². The van der Waals surface area contributed by atoms with Crippen LogP contribution in [0.25, 0.3) is 11.1 Å². The highest BCUT2D eigenvalue weighted by Crippen LogP contribution is 2.25. The van der Waals surface area contributed by atoms with E-state index in [9.17, 15) is 0 Å². The number of rotatable bonds is 5. The van der Waals surface area contributed by atoms with E-state index >= 15 is 0 Å². The molecule has 1 N–H and O–H groups in total. The van der Waals surface area contributed by atoms with Crippen LogP contribution in [0.3, 0.4) is 0 Å². The molecule has 96 valence electrons. The van der Waals surface area contributed by atoms with Crippen LogP contribution in [0.4, 0.5) is 0 Å². The predicted octanol–water partition coefficient (Wildman–Crippen LogP) is 4.16. The van der Waals surface area contributed by atoms with E-state index in [4.69, 9.17) is 0 Å². The standard InChI is InChI=1S/C15H14N2S2/c1-2-4-12(5-3-1)13-8-14(19-11-13)9-16-10-15-17-6-7-18-15/h1-8,11,16H,9-10H2. The van der Waals surface area contributed by atoms with Crippen LogP contribution < -0.4 is 5.32 Å². The van der Waals surface area contributed by atoms with Gasteiger partial charge in [0, 0.05) is 29.5 Å². The molecule has 0 atom stereocenters. The summed E-state index contributed by atoms with van der Waals surface area (Å²) in [4.78, 5) is 5.62. The van der Waals surface area contributed by atoms with Crippen LogP contribution in [0.1, 0.15) is 9.88 Å². The summed E-state index contributed by atoms with van der Waals surface area (Å²) in [5.41, 5.74) is 2.58. The summed E-state index contributed by atoms with van der Waals surface area (Å²) in [5.74, 6) is 0. The molecule has 2 aromatic heterocycles. The largest absolute Gasteiger partial charge is 0.306 e. The molecule has 0 aliphatic heterocycles. The minimum atomic E-state index is 0.843. The summed E-state index contributed by atoms with van der Waals surface area (Å²) < 4.78 is 0. The first-order valence-electron chi connectivity index (χ1n) is 6.14. The summed E-state index contributed by atoms with van der Waals surface area (Å²) in [5, 5.41) is 8.79. The highest BCUT2D eigenvalue weighted by Gasteiger charge is 2.02. The van der Waals surface area contributed by atoms with Gasteiger partial charge in [-0.2, -0.15) is 0 Å². The Balaban J connectivity index is 1.59. The molecule has 0 aliphatic rings. The summed E-state index contributed by atoms with van der Waals surface area (Å²) in [6, 6.07) is 12.8. The van der Waals surface area contributed by atoms with Gasteiger partial charge in [0.2, 0.25) is 0 Å². The van der Waals surface area contributed by atoms with E-state index in [1.165, 1.54) is 16.0 Å². The number of benzene rings is 1. The van der Waals surface area contributed by atoms with Gasteiger partial charge in [-0.3, -0.25) is 0 Å². The first kappa shape index (κ1) is 12.5. The summed E-state index contributed by atoms with van der Waals surface area (Å²) in [7, 11) is 0. The van der Waals surface area contributed by atoms with E-state index in [0.29, 0.717) is 0 Å². The number of thiophene rings is 1. The van der Waals surface area contributed by atoms with Crippen molar-refractivity contribution < 1.29 is 0 Å². The highest BCUT2D eigenvalue weighted by molar-refractivity contribution is 7.10. The lowest BCUT2D eigenvalue weighted by molar-refractivity contribution is 0.697. The lowest BCUT2D eigenvalue weighted by Gasteiger charge is -1.99. The number of hydrogen-bond donors (Lipinski definition) is 1. The van der Waals surface area contributed by atoms with E-state index in [1.54, 1.807) is 22.7 Å². The van der Waals surface area contributed by atoms with Crippen molar-refractivity contribution in [2.45, 2.75) is 13.1 Å². The molecule has 0 saturated carbocycles. The third-order valence-corrected chi connectivity index (χ3v) is 4.54. The molecule has 2 nitrogen and oxygen atoms in total. The molecule has 3 rings (SSSR count). The van der Waals surface area contributed by atoms with Gasteiger partial charge in [0.25, 0.3) is 0 Å². The lowest BCUT2D eigenvalue weighted by Crippen LogP contribution is -2.11. The van der Waals surface area contributed by atoms with Gasteiger partial charge in [-0.25, -0.2) is 4.98 Å². The fraction of sp³-hybridized carbons (Fsp3) is 0.133. The maximum absolute atomic E-state index is 4.26. The Kier molecular flexibility index (Phi) is 4.03. The molecular formula is C15H14N2S2. The van der Waals surface area contributed by atoms with Crippen LogP contribution >= 0.6 is 22.7 Å². The fourth-order valence-electron chi connectivity index (χ4n) is 1.89. The van der Waals surface area contributed by atoms with Gasteiger partial charge in [0.15, 0.2) is 0 Å². The van der Waals surface area contributed by atoms with Crippen molar-refractivity contribution in [1.82, 2.24) is 10.3 Å². The van der Waals surface area contributed by atoms with E-state index in [0.717, 1.165) is 18.1 Å². The van der Waals surface area contributed by atoms with Gasteiger partial charge in [-0.15, -0.1) is 22.7 Å². The minimum absolute atomic E-state index is 0.843. The van der Waals surface area contributed by atoms with Gasteiger partial charge in [0.1, 0.15) is 5.01 Å². The Morgan fingerprint density at radius 2 is 1.89 bits per heavy atom. The smallest absolute Gasteiger partial charge is 0.106 e. The molecule has 0 bridgehead atoms. The average molecular weight is 286 g/mol. The van der Waals surface area contributed by atoms with Crippen LogP contribution in [-0.4, -0.2) is 4.98 Å². The van der Waals surface area contributed by atoms with Gasteiger partial charge in [-0.05, 0) is 22.6 Å². The number of nitrogens with zero attached hydrogens (tertiary/aromatic N) is 1. The van der Waals surface area contributed by atoms with Crippen molar-refractivity contribution in [3.63, 3.8) is 0 Å². The quantitative estimate of drug-likeness (QED) is 0.761. The molecule has 1 aromatic carbocycles. The molecule has 19 heavy (non-hydrogen) atoms. The Morgan fingerprint density at radius 1 is 1.00 bits per heavy atom. The molecule has 0 saturated heterocycles. The monoisotopic (exact) mass is 286 g/mol. The summed E-state index contributed by atoms with van der Waals surface area (Å²) in [6.07, 6.45) is 1.85. The Hall–Kier alpha value is -1.49. The molecule has 4 heteroatoms. The van der Waals surface area contributed by atoms with Crippen LogP contribution in [0.5, 0.6) is 0 Å². The summed E-state index contributed by atoms with van der Waals surface area (Å²) >= 11 is 3.49. The van der Waals surface area contributed by atoms with Gasteiger partial charge < -0.3 is 5.32 Å². The molecule has 0 unspecified atom stereocenters. The maximum Gasteiger partial charge on any atom is 0.106 e. The normalized spacial score (nSPS) is 10.7. The SMILES string of the molecule is c1ccc(-c2csc(CNCc3nccs3)c2)cc1. The van der Waals surface area contributed by atoms with Crippen LogP contribution in [0, 0.1) is 0 Å². The zero-order valence-corrected chi connectivity index (χ0v) is 12.0. The molecule has 3 aromatic rings. The first-order chi connectivity index (χ1) is 9.42. The van der Waals surface area contributed by atoms with Crippen LogP contribution in [-0.2, 0) is 13.1 Å². The minimum Gasteiger partial charge on any atom is -0.306 e. The third-order valence-electron chi connectivity index (χ3n) is 2.82. The van der Waals surface area contributed by atoms with Crippen molar-refractivity contribution in [2.75, 3.05) is 0 Å². The molecular weight excluding hydrogens is 272 g/mol. The van der Waals surface area contributed by atoms with E-state index in [1.807, 2.05) is 17.6 Å². The lowest BCUT2D eigenvalue weighted by atomic mass is 10.1. The second-order valence-corrected chi connectivity index (χ2v) is 6.17. The van der Waals surface area contributed by atoms with Gasteiger partial charge in [-0.1, -0.05) is 30.3 Å². The zero-order chi connectivity index (χ0) is 12.9. The van der Waals surface area contributed by atoms with E-state index in [2.05, 4.69) is 46.0 Å². The van der Waals surface area contributed by atoms with Gasteiger partial charge in [0.05, 0.1) is 0 Å². The molecule has 0 spiro atoms. The predicted molar refractivity (Wildman–Crippen MR) is 82.4 cm³/mol.